The van der Waals surface area contributed by atoms with Gasteiger partial charge in [-0.05, 0) is 55.1 Å². The lowest BCUT2D eigenvalue weighted by atomic mass is 9.99. The van der Waals surface area contributed by atoms with Crippen molar-refractivity contribution in [2.75, 3.05) is 46.9 Å². The minimum absolute atomic E-state index is 0.121. The van der Waals surface area contributed by atoms with Gasteiger partial charge in [-0.3, -0.25) is 14.9 Å². The van der Waals surface area contributed by atoms with E-state index in [0.29, 0.717) is 34.8 Å². The SMILES string of the molecule is CCN(CC)CCN(C)C(=NO)c1ccc(C#CC2(CN3Cc4ccc(OC)cc4C3=O)NC(=O)NC2=O)cc1. The van der Waals surface area contributed by atoms with Crippen LogP contribution in [0.25, 0.3) is 0 Å². The lowest BCUT2D eigenvalue weighted by Gasteiger charge is -2.26. The highest BCUT2D eigenvalue weighted by molar-refractivity contribution is 6.10. The minimum Gasteiger partial charge on any atom is -0.497 e. The van der Waals surface area contributed by atoms with Crippen molar-refractivity contribution in [1.82, 2.24) is 25.3 Å². The zero-order valence-corrected chi connectivity index (χ0v) is 23.2. The largest absolute Gasteiger partial charge is 0.497 e. The Hall–Kier alpha value is -4.56. The first-order valence-corrected chi connectivity index (χ1v) is 13.1. The fraction of sp³-hybridized carbons (Fsp3) is 0.379. The highest BCUT2D eigenvalue weighted by atomic mass is 16.5. The number of nitrogens with zero attached hydrogens (tertiary/aromatic N) is 4. The molecule has 2 aromatic carbocycles. The minimum atomic E-state index is -1.61. The molecule has 4 rings (SSSR count). The van der Waals surface area contributed by atoms with E-state index in [1.165, 1.54) is 12.0 Å². The molecule has 0 saturated carbocycles. The van der Waals surface area contributed by atoms with Crippen molar-refractivity contribution in [2.45, 2.75) is 25.9 Å². The van der Waals surface area contributed by atoms with Gasteiger partial charge in [-0.15, -0.1) is 0 Å². The molecule has 40 heavy (non-hydrogen) atoms. The number of carbonyl (C=O) groups excluding carboxylic acids is 3. The number of imide groups is 1. The molecule has 1 fully saturated rings. The Morgan fingerprint density at radius 2 is 1.85 bits per heavy atom. The molecular weight excluding hydrogens is 512 g/mol. The zero-order valence-electron chi connectivity index (χ0n) is 23.2. The Labute approximate surface area is 233 Å². The average molecular weight is 547 g/mol. The van der Waals surface area contributed by atoms with Gasteiger partial charge in [0.05, 0.1) is 13.7 Å². The van der Waals surface area contributed by atoms with Gasteiger partial charge in [-0.25, -0.2) is 4.79 Å². The van der Waals surface area contributed by atoms with E-state index >= 15 is 0 Å². The Balaban J connectivity index is 1.52. The van der Waals surface area contributed by atoms with E-state index in [4.69, 9.17) is 4.74 Å². The first-order chi connectivity index (χ1) is 19.2. The second-order valence-corrected chi connectivity index (χ2v) is 9.70. The molecule has 2 aromatic rings. The molecule has 0 aromatic heterocycles. The number of likely N-dealkylation sites (N-methyl/N-ethyl adjacent to an activating group) is 2. The summed E-state index contributed by atoms with van der Waals surface area (Å²) in [6.07, 6.45) is 0. The molecule has 4 amide bonds. The number of oxime groups is 1. The van der Waals surface area contributed by atoms with Crippen LogP contribution in [0, 0.1) is 11.8 Å². The van der Waals surface area contributed by atoms with Crippen LogP contribution in [0.5, 0.6) is 5.75 Å². The Kier molecular flexibility index (Phi) is 8.60. The predicted molar refractivity (Wildman–Crippen MR) is 149 cm³/mol. The van der Waals surface area contributed by atoms with Crippen molar-refractivity contribution in [3.8, 4) is 17.6 Å². The maximum absolute atomic E-state index is 13.1. The van der Waals surface area contributed by atoms with Gasteiger partial charge in [-0.2, -0.15) is 0 Å². The summed E-state index contributed by atoms with van der Waals surface area (Å²) in [7, 11) is 3.39. The average Bonchev–Trinajstić information content (AvgIpc) is 3.42. The van der Waals surface area contributed by atoms with E-state index in [1.54, 1.807) is 36.4 Å². The maximum Gasteiger partial charge on any atom is 0.323 e. The van der Waals surface area contributed by atoms with Crippen LogP contribution in [0.3, 0.4) is 0 Å². The smallest absolute Gasteiger partial charge is 0.323 e. The number of urea groups is 1. The number of fused-ring (bicyclic) bond motifs is 1. The first-order valence-electron chi connectivity index (χ1n) is 13.1. The van der Waals surface area contributed by atoms with E-state index in [2.05, 4.69) is 46.4 Å². The van der Waals surface area contributed by atoms with E-state index < -0.39 is 17.5 Å². The number of hydrogen-bond acceptors (Lipinski definition) is 7. The number of methoxy groups -OCH3 is 1. The first kappa shape index (κ1) is 28.4. The van der Waals surface area contributed by atoms with Crippen LogP contribution >= 0.6 is 0 Å². The summed E-state index contributed by atoms with van der Waals surface area (Å²) in [5.41, 5.74) is 0.970. The zero-order chi connectivity index (χ0) is 28.9. The van der Waals surface area contributed by atoms with Crippen molar-refractivity contribution in [3.05, 3.63) is 64.7 Å². The summed E-state index contributed by atoms with van der Waals surface area (Å²) in [4.78, 5) is 43.8. The number of amidine groups is 1. The summed E-state index contributed by atoms with van der Waals surface area (Å²) in [6, 6.07) is 11.6. The van der Waals surface area contributed by atoms with E-state index in [0.717, 1.165) is 25.2 Å². The molecule has 2 heterocycles. The van der Waals surface area contributed by atoms with Crippen molar-refractivity contribution in [3.63, 3.8) is 0 Å². The van der Waals surface area contributed by atoms with Gasteiger partial charge in [0, 0.05) is 43.4 Å². The van der Waals surface area contributed by atoms with Crippen molar-refractivity contribution in [2.24, 2.45) is 5.16 Å². The molecule has 0 radical (unpaired) electrons. The molecule has 1 atom stereocenters. The van der Waals surface area contributed by atoms with Gasteiger partial charge in [0.1, 0.15) is 5.75 Å². The molecule has 1 unspecified atom stereocenters. The number of amides is 4. The van der Waals surface area contributed by atoms with Gasteiger partial charge in [0.25, 0.3) is 11.8 Å². The molecule has 0 spiro atoms. The molecule has 1 saturated heterocycles. The number of carbonyl (C=O) groups is 3. The van der Waals surface area contributed by atoms with Gasteiger partial charge < -0.3 is 30.0 Å². The molecule has 3 N–H and O–H groups in total. The fourth-order valence-electron chi connectivity index (χ4n) is 4.78. The van der Waals surface area contributed by atoms with Gasteiger partial charge >= 0.3 is 6.03 Å². The van der Waals surface area contributed by atoms with Crippen molar-refractivity contribution < 1.29 is 24.3 Å². The van der Waals surface area contributed by atoms with Crippen LogP contribution in [0.15, 0.2) is 47.6 Å². The van der Waals surface area contributed by atoms with Gasteiger partial charge in [0.15, 0.2) is 5.84 Å². The molecule has 11 heteroatoms. The van der Waals surface area contributed by atoms with Gasteiger partial charge in [0.2, 0.25) is 5.54 Å². The number of benzene rings is 2. The Bertz CT molecular complexity index is 1380. The normalized spacial score (nSPS) is 18.3. The molecule has 11 nitrogen and oxygen atoms in total. The third kappa shape index (κ3) is 5.87. The molecule has 2 aliphatic rings. The van der Waals surface area contributed by atoms with Crippen molar-refractivity contribution in [1.29, 1.82) is 0 Å². The summed E-state index contributed by atoms with van der Waals surface area (Å²) < 4.78 is 5.23. The molecule has 0 bridgehead atoms. The second-order valence-electron chi connectivity index (χ2n) is 9.70. The summed E-state index contributed by atoms with van der Waals surface area (Å²) in [6.45, 7) is 7.77. The number of rotatable bonds is 9. The van der Waals surface area contributed by atoms with Crippen LogP contribution in [-0.2, 0) is 11.3 Å². The number of hydrogen-bond donors (Lipinski definition) is 3. The number of nitrogens with one attached hydrogen (secondary N) is 2. The fourth-order valence-corrected chi connectivity index (χ4v) is 4.78. The quantitative estimate of drug-likeness (QED) is 0.109. The summed E-state index contributed by atoms with van der Waals surface area (Å²) in [5.74, 6) is 5.98. The standard InChI is InChI=1S/C29H34N6O5/c1-5-34(6-2)16-15-33(3)25(32-39)21-9-7-20(8-10-21)13-14-29(27(37)30-28(38)31-29)19-35-18-22-11-12-23(40-4)17-24(22)26(35)36/h7-12,17,39H,5-6,15-16,18-19H2,1-4H3,(H2,30,31,37,38). The highest BCUT2D eigenvalue weighted by Gasteiger charge is 2.48. The van der Waals surface area contributed by atoms with E-state index in [-0.39, 0.29) is 19.0 Å². The molecule has 210 valence electrons. The lowest BCUT2D eigenvalue weighted by Crippen LogP contribution is -2.54. The van der Waals surface area contributed by atoms with Crippen LogP contribution in [0.1, 0.15) is 40.9 Å². The molecular formula is C29H34N6O5. The van der Waals surface area contributed by atoms with Crippen molar-refractivity contribution >= 4 is 23.7 Å². The number of ether oxygens (including phenoxy) is 1. The summed E-state index contributed by atoms with van der Waals surface area (Å²) >= 11 is 0. The maximum atomic E-state index is 13.1. The topological polar surface area (TPSA) is 127 Å². The third-order valence-corrected chi connectivity index (χ3v) is 7.23. The second kappa shape index (κ2) is 12.1. The predicted octanol–water partition coefficient (Wildman–Crippen LogP) is 1.69. The summed E-state index contributed by atoms with van der Waals surface area (Å²) in [5, 5.41) is 18.0. The van der Waals surface area contributed by atoms with E-state index in [9.17, 15) is 19.6 Å². The van der Waals surface area contributed by atoms with Crippen LogP contribution in [0.2, 0.25) is 0 Å². The molecule has 2 aliphatic heterocycles. The monoisotopic (exact) mass is 546 g/mol. The lowest BCUT2D eigenvalue weighted by molar-refractivity contribution is -0.122. The van der Waals surface area contributed by atoms with Crippen LogP contribution < -0.4 is 15.4 Å². The Morgan fingerprint density at radius 1 is 1.12 bits per heavy atom. The van der Waals surface area contributed by atoms with E-state index in [1.807, 2.05) is 18.0 Å². The highest BCUT2D eigenvalue weighted by Crippen LogP contribution is 2.28. The van der Waals surface area contributed by atoms with Gasteiger partial charge in [-0.1, -0.05) is 36.9 Å². The molecule has 0 aliphatic carbocycles. The Morgan fingerprint density at radius 3 is 2.45 bits per heavy atom. The van der Waals surface area contributed by atoms with Crippen LogP contribution in [-0.4, -0.2) is 96.0 Å². The van der Waals surface area contributed by atoms with Crippen LogP contribution in [0.4, 0.5) is 4.79 Å². The third-order valence-electron chi connectivity index (χ3n) is 7.23.